The number of pyridine rings is 1. The van der Waals surface area contributed by atoms with E-state index in [1.165, 1.54) is 0 Å². The third kappa shape index (κ3) is 2.98. The minimum absolute atomic E-state index is 0.111. The molecule has 1 heterocycles. The van der Waals surface area contributed by atoms with Crippen LogP contribution >= 0.6 is 22.6 Å². The lowest BCUT2D eigenvalue weighted by molar-refractivity contribution is -0.391. The molecule has 0 aromatic carbocycles. The van der Waals surface area contributed by atoms with Gasteiger partial charge in [0.05, 0.1) is 5.56 Å². The zero-order chi connectivity index (χ0) is 13.4. The van der Waals surface area contributed by atoms with E-state index in [-0.39, 0.29) is 6.07 Å². The Kier molecular flexibility index (Phi) is 3.84. The standard InChI is InChI=1S/C7H2F5IN2O2/c8-5(9)3-1-2(7(10,11)12)4(13)6(14-3)15(16)17/h1,5H. The van der Waals surface area contributed by atoms with Gasteiger partial charge in [-0.2, -0.15) is 13.2 Å². The highest BCUT2D eigenvalue weighted by atomic mass is 127. The highest BCUT2D eigenvalue weighted by Crippen LogP contribution is 2.37. The first kappa shape index (κ1) is 14.0. The van der Waals surface area contributed by atoms with Crippen LogP contribution in [0.15, 0.2) is 6.07 Å². The molecule has 0 aliphatic heterocycles. The van der Waals surface area contributed by atoms with Gasteiger partial charge in [0.2, 0.25) is 5.69 Å². The van der Waals surface area contributed by atoms with E-state index in [4.69, 9.17) is 0 Å². The summed E-state index contributed by atoms with van der Waals surface area (Å²) in [6.07, 6.45) is -8.26. The van der Waals surface area contributed by atoms with Crippen molar-refractivity contribution in [1.29, 1.82) is 0 Å². The van der Waals surface area contributed by atoms with Crippen molar-refractivity contribution in [3.8, 4) is 0 Å². The number of hydrogen-bond acceptors (Lipinski definition) is 3. The van der Waals surface area contributed by atoms with Gasteiger partial charge in [-0.1, -0.05) is 0 Å². The molecule has 0 aliphatic carbocycles. The molecular weight excluding hydrogens is 366 g/mol. The summed E-state index contributed by atoms with van der Waals surface area (Å²) in [5.74, 6) is -1.23. The van der Waals surface area contributed by atoms with Crippen LogP contribution in [0.25, 0.3) is 0 Å². The van der Waals surface area contributed by atoms with Crippen LogP contribution in [0, 0.1) is 13.7 Å². The topological polar surface area (TPSA) is 56.0 Å². The summed E-state index contributed by atoms with van der Waals surface area (Å²) < 4.78 is 61.0. The van der Waals surface area contributed by atoms with Gasteiger partial charge in [-0.25, -0.2) is 8.78 Å². The fourth-order valence-electron chi connectivity index (χ4n) is 0.974. The van der Waals surface area contributed by atoms with Crippen molar-refractivity contribution < 1.29 is 26.9 Å². The van der Waals surface area contributed by atoms with E-state index in [0.29, 0.717) is 0 Å². The number of nitro groups is 1. The van der Waals surface area contributed by atoms with Gasteiger partial charge in [-0.3, -0.25) is 0 Å². The largest absolute Gasteiger partial charge is 0.417 e. The summed E-state index contributed by atoms with van der Waals surface area (Å²) >= 11 is 1.05. The predicted octanol–water partition coefficient (Wildman–Crippen LogP) is 3.55. The number of nitrogens with zero attached hydrogens (tertiary/aromatic N) is 2. The van der Waals surface area contributed by atoms with E-state index < -0.39 is 38.2 Å². The fraction of sp³-hybridized carbons (Fsp3) is 0.286. The quantitative estimate of drug-likeness (QED) is 0.347. The van der Waals surface area contributed by atoms with E-state index in [9.17, 15) is 32.1 Å². The molecule has 0 bridgehead atoms. The van der Waals surface area contributed by atoms with Gasteiger partial charge in [-0.15, -0.1) is 0 Å². The third-order valence-electron chi connectivity index (χ3n) is 1.66. The molecule has 0 aliphatic rings. The van der Waals surface area contributed by atoms with Crippen LogP contribution in [0.3, 0.4) is 0 Å². The smallest absolute Gasteiger partial charge is 0.358 e. The van der Waals surface area contributed by atoms with Gasteiger partial charge < -0.3 is 10.1 Å². The van der Waals surface area contributed by atoms with Crippen LogP contribution in [-0.2, 0) is 6.18 Å². The van der Waals surface area contributed by atoms with Crippen molar-refractivity contribution in [2.24, 2.45) is 0 Å². The molecule has 1 aromatic heterocycles. The molecule has 10 heteroatoms. The van der Waals surface area contributed by atoms with Crippen molar-refractivity contribution in [2.75, 3.05) is 0 Å². The maximum Gasteiger partial charge on any atom is 0.417 e. The van der Waals surface area contributed by atoms with Crippen LogP contribution in [0.4, 0.5) is 27.8 Å². The highest BCUT2D eigenvalue weighted by Gasteiger charge is 2.39. The lowest BCUT2D eigenvalue weighted by Crippen LogP contribution is -2.12. The molecule has 0 N–H and O–H groups in total. The number of aromatic nitrogens is 1. The Labute approximate surface area is 104 Å². The molecule has 4 nitrogen and oxygen atoms in total. The average Bonchev–Trinajstić information content (AvgIpc) is 2.15. The van der Waals surface area contributed by atoms with E-state index >= 15 is 0 Å². The number of rotatable bonds is 2. The lowest BCUT2D eigenvalue weighted by Gasteiger charge is -2.09. The number of hydrogen-bond donors (Lipinski definition) is 0. The molecular formula is C7H2F5IN2O2. The Hall–Kier alpha value is -1.07. The monoisotopic (exact) mass is 368 g/mol. The second kappa shape index (κ2) is 4.66. The molecule has 0 saturated carbocycles. The predicted molar refractivity (Wildman–Crippen MR) is 53.6 cm³/mol. The van der Waals surface area contributed by atoms with Crippen LogP contribution in [0.5, 0.6) is 0 Å². The molecule has 0 atom stereocenters. The molecule has 1 rings (SSSR count). The van der Waals surface area contributed by atoms with E-state index in [0.717, 1.165) is 22.6 Å². The molecule has 1 aromatic rings. The van der Waals surface area contributed by atoms with Crippen molar-refractivity contribution in [2.45, 2.75) is 12.6 Å². The maximum atomic E-state index is 12.4. The maximum absolute atomic E-state index is 12.4. The van der Waals surface area contributed by atoms with E-state index in [1.54, 1.807) is 0 Å². The zero-order valence-corrected chi connectivity index (χ0v) is 9.79. The Morgan fingerprint density at radius 2 is 1.94 bits per heavy atom. The summed E-state index contributed by atoms with van der Waals surface area (Å²) in [7, 11) is 0. The molecule has 0 unspecified atom stereocenters. The molecule has 17 heavy (non-hydrogen) atoms. The van der Waals surface area contributed by atoms with Crippen molar-refractivity contribution in [1.82, 2.24) is 4.98 Å². The molecule has 0 radical (unpaired) electrons. The van der Waals surface area contributed by atoms with E-state index in [1.807, 2.05) is 0 Å². The molecule has 0 amide bonds. The Bertz CT molecular complexity index is 462. The van der Waals surface area contributed by atoms with Gasteiger partial charge in [-0.05, 0) is 32.5 Å². The summed E-state index contributed by atoms with van der Waals surface area (Å²) in [4.78, 5) is 12.1. The van der Waals surface area contributed by atoms with Crippen LogP contribution in [0.2, 0.25) is 0 Å². The van der Waals surface area contributed by atoms with Crippen molar-refractivity contribution in [3.63, 3.8) is 0 Å². The van der Waals surface area contributed by atoms with Gasteiger partial charge in [0.1, 0.15) is 3.57 Å². The summed E-state index contributed by atoms with van der Waals surface area (Å²) in [6, 6.07) is 0.111. The first-order valence-corrected chi connectivity index (χ1v) is 4.92. The van der Waals surface area contributed by atoms with E-state index in [2.05, 4.69) is 4.98 Å². The minimum Gasteiger partial charge on any atom is -0.358 e. The molecule has 94 valence electrons. The molecule has 0 spiro atoms. The van der Waals surface area contributed by atoms with Gasteiger partial charge >= 0.3 is 18.4 Å². The summed E-state index contributed by atoms with van der Waals surface area (Å²) in [5.41, 5.74) is -2.76. The zero-order valence-electron chi connectivity index (χ0n) is 7.63. The lowest BCUT2D eigenvalue weighted by atomic mass is 10.2. The Balaban J connectivity index is 3.55. The van der Waals surface area contributed by atoms with Gasteiger partial charge in [0, 0.05) is 6.07 Å². The van der Waals surface area contributed by atoms with Crippen LogP contribution in [-0.4, -0.2) is 9.91 Å². The number of halogens is 6. The molecule has 0 fully saturated rings. The average molecular weight is 368 g/mol. The normalized spacial score (nSPS) is 11.9. The van der Waals surface area contributed by atoms with Crippen molar-refractivity contribution >= 4 is 28.4 Å². The van der Waals surface area contributed by atoms with Gasteiger partial charge in [0.15, 0.2) is 0 Å². The fourth-order valence-corrected chi connectivity index (χ4v) is 1.75. The van der Waals surface area contributed by atoms with Crippen LogP contribution < -0.4 is 0 Å². The second-order valence-electron chi connectivity index (χ2n) is 2.79. The SMILES string of the molecule is O=[N+]([O-])c1nc(C(F)F)cc(C(F)(F)F)c1I. The summed E-state index contributed by atoms with van der Waals surface area (Å²) in [5, 5.41) is 10.4. The number of alkyl halides is 5. The minimum atomic E-state index is -4.95. The first-order chi connectivity index (χ1) is 7.64. The Morgan fingerprint density at radius 1 is 1.41 bits per heavy atom. The van der Waals surface area contributed by atoms with Gasteiger partial charge in [0.25, 0.3) is 0 Å². The second-order valence-corrected chi connectivity index (χ2v) is 3.87. The Morgan fingerprint density at radius 3 is 2.29 bits per heavy atom. The van der Waals surface area contributed by atoms with Crippen LogP contribution in [0.1, 0.15) is 17.7 Å². The first-order valence-electron chi connectivity index (χ1n) is 3.84. The third-order valence-corrected chi connectivity index (χ3v) is 2.73. The van der Waals surface area contributed by atoms with Crippen molar-refractivity contribution in [3.05, 3.63) is 31.0 Å². The molecule has 0 saturated heterocycles. The summed E-state index contributed by atoms with van der Waals surface area (Å²) in [6.45, 7) is 0. The highest BCUT2D eigenvalue weighted by molar-refractivity contribution is 14.1.